The third-order valence-corrected chi connectivity index (χ3v) is 8.53. The van der Waals surface area contributed by atoms with Crippen molar-refractivity contribution in [1.29, 1.82) is 0 Å². The van der Waals surface area contributed by atoms with Gasteiger partial charge in [-0.1, -0.05) is 17.3 Å². The number of methoxy groups -OCH3 is 1. The maximum absolute atomic E-state index is 12.9. The van der Waals surface area contributed by atoms with Gasteiger partial charge < -0.3 is 9.30 Å². The molecule has 0 fully saturated rings. The summed E-state index contributed by atoms with van der Waals surface area (Å²) >= 11 is 1.09. The molecule has 0 radical (unpaired) electrons. The Hall–Kier alpha value is -3.96. The van der Waals surface area contributed by atoms with Crippen LogP contribution in [-0.4, -0.2) is 34.4 Å². The highest BCUT2D eigenvalue weighted by Gasteiger charge is 2.16. The quantitative estimate of drug-likeness (QED) is 0.334. The summed E-state index contributed by atoms with van der Waals surface area (Å²) in [5, 5.41) is 5.22. The zero-order valence-corrected chi connectivity index (χ0v) is 21.7. The number of nitrogens with one attached hydrogen (secondary N) is 1. The van der Waals surface area contributed by atoms with Crippen LogP contribution in [0.1, 0.15) is 10.4 Å². The van der Waals surface area contributed by atoms with Gasteiger partial charge in [-0.2, -0.15) is 4.99 Å². The lowest BCUT2D eigenvalue weighted by atomic mass is 10.2. The van der Waals surface area contributed by atoms with Crippen molar-refractivity contribution in [2.75, 3.05) is 11.8 Å². The van der Waals surface area contributed by atoms with Gasteiger partial charge >= 0.3 is 0 Å². The van der Waals surface area contributed by atoms with E-state index in [2.05, 4.69) is 15.6 Å². The van der Waals surface area contributed by atoms with Crippen molar-refractivity contribution in [3.05, 3.63) is 77.1 Å². The highest BCUT2D eigenvalue weighted by atomic mass is 32.2. The van der Waals surface area contributed by atoms with Crippen LogP contribution in [-0.2, 0) is 26.6 Å². The fraction of sp³-hybridized carbons (Fsp3) is 0.0833. The van der Waals surface area contributed by atoms with Crippen LogP contribution in [0.4, 0.5) is 5.69 Å². The number of fused-ring (bicyclic) bond motifs is 1. The second-order valence-electron chi connectivity index (χ2n) is 7.62. The Morgan fingerprint density at radius 3 is 2.30 bits per heavy atom. The third-order valence-electron chi connectivity index (χ3n) is 5.18. The first-order valence-electron chi connectivity index (χ1n) is 10.5. The predicted octanol–water partition coefficient (Wildman–Crippen LogP) is 2.53. The minimum absolute atomic E-state index is 0.0527. The molecule has 0 saturated heterocycles. The number of hydrogen-bond acceptors (Lipinski definition) is 7. The molecule has 4 rings (SSSR count). The number of thiazole rings is 1. The SMILES string of the molecule is C#CCn1c(=NC(=O)c2ccc(NS(=O)(=O)c3ccc(OC)cc3)cc2)sc2cc(S(N)(=O)=O)ccc21. The summed E-state index contributed by atoms with van der Waals surface area (Å²) in [4.78, 5) is 17.3. The Bertz CT molecular complexity index is 1810. The lowest BCUT2D eigenvalue weighted by Crippen LogP contribution is -2.16. The minimum Gasteiger partial charge on any atom is -0.497 e. The Labute approximate surface area is 217 Å². The van der Waals surface area contributed by atoms with Crippen molar-refractivity contribution in [3.8, 4) is 18.1 Å². The second kappa shape index (κ2) is 10.2. The third kappa shape index (κ3) is 5.73. The number of carbonyl (C=O) groups excluding carboxylic acids is 1. The van der Waals surface area contributed by atoms with Crippen LogP contribution in [0.25, 0.3) is 10.2 Å². The zero-order chi connectivity index (χ0) is 26.8. The van der Waals surface area contributed by atoms with E-state index in [1.54, 1.807) is 10.6 Å². The summed E-state index contributed by atoms with van der Waals surface area (Å²) in [6.45, 7) is 0.104. The Balaban J connectivity index is 1.62. The molecule has 0 aliphatic heterocycles. The van der Waals surface area contributed by atoms with Crippen molar-refractivity contribution >= 4 is 53.2 Å². The predicted molar refractivity (Wildman–Crippen MR) is 140 cm³/mol. The molecule has 3 aromatic carbocycles. The van der Waals surface area contributed by atoms with E-state index in [1.165, 1.54) is 67.8 Å². The molecule has 0 aliphatic carbocycles. The number of nitrogens with zero attached hydrogens (tertiary/aromatic N) is 2. The number of sulfonamides is 2. The van der Waals surface area contributed by atoms with E-state index < -0.39 is 26.0 Å². The van der Waals surface area contributed by atoms with Gasteiger partial charge in [0.1, 0.15) is 5.75 Å². The summed E-state index contributed by atoms with van der Waals surface area (Å²) in [5.74, 6) is 2.43. The minimum atomic E-state index is -3.91. The van der Waals surface area contributed by atoms with E-state index in [0.717, 1.165) is 11.3 Å². The number of carbonyl (C=O) groups is 1. The molecule has 0 aliphatic rings. The average molecular weight is 557 g/mol. The molecule has 0 atom stereocenters. The zero-order valence-electron chi connectivity index (χ0n) is 19.3. The molecule has 3 N–H and O–H groups in total. The van der Waals surface area contributed by atoms with E-state index in [0.29, 0.717) is 16.0 Å². The van der Waals surface area contributed by atoms with E-state index in [4.69, 9.17) is 16.3 Å². The number of anilines is 1. The van der Waals surface area contributed by atoms with Gasteiger partial charge in [0.15, 0.2) is 4.80 Å². The normalized spacial score (nSPS) is 12.3. The fourth-order valence-corrected chi connectivity index (χ4v) is 6.10. The largest absolute Gasteiger partial charge is 0.497 e. The van der Waals surface area contributed by atoms with Crippen LogP contribution < -0.4 is 19.4 Å². The maximum atomic E-state index is 12.9. The van der Waals surface area contributed by atoms with Gasteiger partial charge in [-0.15, -0.1) is 6.42 Å². The number of amides is 1. The van der Waals surface area contributed by atoms with Crippen molar-refractivity contribution in [2.24, 2.45) is 10.1 Å². The topological polar surface area (TPSA) is 150 Å². The fourth-order valence-electron chi connectivity index (χ4n) is 3.36. The Morgan fingerprint density at radius 1 is 1.05 bits per heavy atom. The molecule has 37 heavy (non-hydrogen) atoms. The van der Waals surface area contributed by atoms with Gasteiger partial charge in [-0.3, -0.25) is 9.52 Å². The lowest BCUT2D eigenvalue weighted by molar-refractivity contribution is 0.0998. The smallest absolute Gasteiger partial charge is 0.279 e. The van der Waals surface area contributed by atoms with Gasteiger partial charge in [0.2, 0.25) is 10.0 Å². The summed E-state index contributed by atoms with van der Waals surface area (Å²) < 4.78 is 58.3. The molecule has 1 amide bonds. The first-order valence-corrected chi connectivity index (χ1v) is 14.3. The number of rotatable bonds is 7. The van der Waals surface area contributed by atoms with Gasteiger partial charge in [0.25, 0.3) is 15.9 Å². The standard InChI is InChI=1S/C24H20N4O6S3/c1-3-14-28-21-13-12-20(36(25,30)31)15-22(21)35-24(28)26-23(29)16-4-6-17(7-5-16)27-37(32,33)19-10-8-18(34-2)9-11-19/h1,4-13,15,27H,14H2,2H3,(H2,25,30,31). The molecule has 4 aromatic rings. The highest BCUT2D eigenvalue weighted by molar-refractivity contribution is 7.92. The summed E-state index contributed by atoms with van der Waals surface area (Å²) in [5.41, 5.74) is 1.07. The van der Waals surface area contributed by atoms with Crippen molar-refractivity contribution < 1.29 is 26.4 Å². The molecule has 0 unspecified atom stereocenters. The molecule has 1 heterocycles. The van der Waals surface area contributed by atoms with Gasteiger partial charge in [-0.05, 0) is 66.7 Å². The monoisotopic (exact) mass is 556 g/mol. The first-order chi connectivity index (χ1) is 17.5. The molecule has 0 saturated carbocycles. The first kappa shape index (κ1) is 26.1. The number of terminal acetylenes is 1. The van der Waals surface area contributed by atoms with Gasteiger partial charge in [-0.25, -0.2) is 22.0 Å². The molecule has 0 bridgehead atoms. The number of nitrogens with two attached hydrogens (primary N) is 1. The Kier molecular flexibility index (Phi) is 7.19. The highest BCUT2D eigenvalue weighted by Crippen LogP contribution is 2.22. The van der Waals surface area contributed by atoms with Crippen LogP contribution in [0.5, 0.6) is 5.75 Å². The summed E-state index contributed by atoms with van der Waals surface area (Å²) in [6.07, 6.45) is 5.47. The molecule has 0 spiro atoms. The molecule has 13 heteroatoms. The summed E-state index contributed by atoms with van der Waals surface area (Å²) in [7, 11) is -6.27. The lowest BCUT2D eigenvalue weighted by Gasteiger charge is -2.09. The number of hydrogen-bond donors (Lipinski definition) is 2. The Morgan fingerprint density at radius 2 is 1.70 bits per heavy atom. The van der Waals surface area contributed by atoms with Gasteiger partial charge in [0, 0.05) is 11.3 Å². The van der Waals surface area contributed by atoms with Crippen LogP contribution in [0, 0.1) is 12.3 Å². The van der Waals surface area contributed by atoms with Crippen molar-refractivity contribution in [1.82, 2.24) is 4.57 Å². The number of primary sulfonamides is 1. The number of benzene rings is 3. The average Bonchev–Trinajstić information content (AvgIpc) is 3.20. The molecular weight excluding hydrogens is 536 g/mol. The number of ether oxygens (including phenoxy) is 1. The van der Waals surface area contributed by atoms with Crippen LogP contribution in [0.2, 0.25) is 0 Å². The van der Waals surface area contributed by atoms with Crippen LogP contribution >= 0.6 is 11.3 Å². The van der Waals surface area contributed by atoms with Gasteiger partial charge in [0.05, 0.1) is 33.7 Å². The van der Waals surface area contributed by atoms with E-state index in [-0.39, 0.29) is 32.4 Å². The molecule has 1 aromatic heterocycles. The van der Waals surface area contributed by atoms with Crippen molar-refractivity contribution in [3.63, 3.8) is 0 Å². The molecule has 10 nitrogen and oxygen atoms in total. The van der Waals surface area contributed by atoms with Crippen LogP contribution in [0.15, 0.2) is 81.5 Å². The van der Waals surface area contributed by atoms with E-state index in [1.807, 2.05) is 0 Å². The maximum Gasteiger partial charge on any atom is 0.279 e. The molecular formula is C24H20N4O6S3. The van der Waals surface area contributed by atoms with E-state index in [9.17, 15) is 21.6 Å². The summed E-state index contributed by atoms with van der Waals surface area (Å²) in [6, 6.07) is 16.0. The van der Waals surface area contributed by atoms with Crippen molar-refractivity contribution in [2.45, 2.75) is 16.3 Å². The molecule has 190 valence electrons. The van der Waals surface area contributed by atoms with E-state index >= 15 is 0 Å². The van der Waals surface area contributed by atoms with Crippen LogP contribution in [0.3, 0.4) is 0 Å². The number of aromatic nitrogens is 1. The second-order valence-corrected chi connectivity index (χ2v) is 11.9.